The molecule has 1 aromatic carbocycles. The zero-order chi connectivity index (χ0) is 6.10. The summed E-state index contributed by atoms with van der Waals surface area (Å²) in [6.07, 6.45) is 0. The molecule has 1 nitrogen and oxygen atoms in total. The van der Waals surface area contributed by atoms with Crippen LogP contribution in [0.2, 0.25) is 0 Å². The van der Waals surface area contributed by atoms with Gasteiger partial charge < -0.3 is 0 Å². The Kier molecular flexibility index (Phi) is 2.77. The van der Waals surface area contributed by atoms with Crippen molar-refractivity contribution in [1.82, 2.24) is 4.98 Å². The summed E-state index contributed by atoms with van der Waals surface area (Å²) >= 11 is 0.386. The zero-order valence-electron chi connectivity index (χ0n) is 5.66. The first-order valence-corrected chi connectivity index (χ1v) is 4.40. The van der Waals surface area contributed by atoms with Crippen molar-refractivity contribution in [3.05, 3.63) is 29.3 Å². The topological polar surface area (TPSA) is 12.9 Å². The third-order valence-corrected chi connectivity index (χ3v) is 2.76. The minimum atomic E-state index is 0. The first kappa shape index (κ1) is 8.11. The Morgan fingerprint density at radius 1 is 1.30 bits per heavy atom. The molecule has 0 aliphatic heterocycles. The van der Waals surface area contributed by atoms with Crippen LogP contribution in [0.1, 0.15) is 0 Å². The standard InChI is InChI=1S/C7H4NSe.Li/c1-2-4-7-6(3-1)8-5-9-7;/h1-4H;/q-1;+1. The van der Waals surface area contributed by atoms with E-state index >= 15 is 0 Å². The number of hydrogen-bond acceptors (Lipinski definition) is 1. The molecule has 0 spiro atoms. The van der Waals surface area contributed by atoms with E-state index in [0.29, 0.717) is 14.5 Å². The van der Waals surface area contributed by atoms with Crippen LogP contribution < -0.4 is 18.9 Å². The van der Waals surface area contributed by atoms with Gasteiger partial charge in [0.25, 0.3) is 0 Å². The molecule has 1 aromatic heterocycles. The second kappa shape index (κ2) is 3.41. The predicted molar refractivity (Wildman–Crippen MR) is 37.5 cm³/mol. The van der Waals surface area contributed by atoms with Gasteiger partial charge >= 0.3 is 77.5 Å². The van der Waals surface area contributed by atoms with Crippen LogP contribution in [0.4, 0.5) is 0 Å². The normalized spacial score (nSPS) is 9.20. The molecule has 0 amide bonds. The van der Waals surface area contributed by atoms with Crippen molar-refractivity contribution in [3.8, 4) is 0 Å². The summed E-state index contributed by atoms with van der Waals surface area (Å²) in [7, 11) is 0. The van der Waals surface area contributed by atoms with Gasteiger partial charge in [-0.25, -0.2) is 0 Å². The molecule has 1 heterocycles. The molecule has 0 bridgehead atoms. The van der Waals surface area contributed by atoms with E-state index in [1.807, 2.05) is 18.2 Å². The number of para-hydroxylation sites is 1. The average molecular weight is 188 g/mol. The fourth-order valence-corrected chi connectivity index (χ4v) is 2.03. The second-order valence-electron chi connectivity index (χ2n) is 1.77. The van der Waals surface area contributed by atoms with Crippen LogP contribution in [-0.2, 0) is 0 Å². The molecule has 0 fully saturated rings. The van der Waals surface area contributed by atoms with E-state index in [0.717, 1.165) is 5.52 Å². The van der Waals surface area contributed by atoms with Crippen molar-refractivity contribution in [2.45, 2.75) is 0 Å². The van der Waals surface area contributed by atoms with Gasteiger partial charge in [-0.05, 0) is 0 Å². The van der Waals surface area contributed by atoms with Crippen LogP contribution in [0.25, 0.3) is 9.78 Å². The molecular formula is C7H4LiNSe. The molecule has 0 saturated heterocycles. The Balaban J connectivity index is 0.000000500. The van der Waals surface area contributed by atoms with Gasteiger partial charge in [0.05, 0.1) is 0 Å². The summed E-state index contributed by atoms with van der Waals surface area (Å²) in [4.78, 5) is 4.08. The van der Waals surface area contributed by atoms with E-state index in [9.17, 15) is 0 Å². The van der Waals surface area contributed by atoms with E-state index in [1.54, 1.807) is 0 Å². The van der Waals surface area contributed by atoms with Crippen LogP contribution in [0, 0.1) is 5.07 Å². The number of hydrogen-bond donors (Lipinski definition) is 0. The van der Waals surface area contributed by atoms with Gasteiger partial charge in [-0.2, -0.15) is 0 Å². The van der Waals surface area contributed by atoms with Crippen molar-refractivity contribution in [2.75, 3.05) is 0 Å². The third-order valence-electron chi connectivity index (χ3n) is 1.19. The number of benzene rings is 1. The Morgan fingerprint density at radius 3 is 2.90 bits per heavy atom. The molecule has 0 aliphatic carbocycles. The van der Waals surface area contributed by atoms with E-state index < -0.39 is 0 Å². The van der Waals surface area contributed by atoms with Crippen molar-refractivity contribution in [1.29, 1.82) is 0 Å². The first-order valence-electron chi connectivity index (χ1n) is 2.68. The monoisotopic (exact) mass is 189 g/mol. The zero-order valence-corrected chi connectivity index (χ0v) is 7.38. The molecule has 2 rings (SSSR count). The quantitative estimate of drug-likeness (QED) is 0.347. The van der Waals surface area contributed by atoms with Crippen molar-refractivity contribution >= 4 is 24.3 Å². The number of aromatic nitrogens is 1. The molecule has 0 radical (unpaired) electrons. The second-order valence-corrected chi connectivity index (χ2v) is 3.51. The third kappa shape index (κ3) is 1.36. The molecule has 0 aliphatic rings. The Hall–Kier alpha value is 0.00688. The van der Waals surface area contributed by atoms with E-state index in [2.05, 4.69) is 16.1 Å². The Labute approximate surface area is 77.4 Å². The molecule has 0 saturated carbocycles. The maximum atomic E-state index is 4.08. The summed E-state index contributed by atoms with van der Waals surface area (Å²) in [6.45, 7) is 0. The summed E-state index contributed by atoms with van der Waals surface area (Å²) in [5, 5.41) is 2.98. The first-order chi connectivity index (χ1) is 4.47. The van der Waals surface area contributed by atoms with Gasteiger partial charge in [0.1, 0.15) is 0 Å². The molecule has 3 heteroatoms. The summed E-state index contributed by atoms with van der Waals surface area (Å²) in [5.41, 5.74) is 1.11. The van der Waals surface area contributed by atoms with Gasteiger partial charge in [0, 0.05) is 0 Å². The van der Waals surface area contributed by atoms with Crippen LogP contribution in [0.3, 0.4) is 0 Å². The predicted octanol–water partition coefficient (Wildman–Crippen LogP) is -1.90. The number of rotatable bonds is 0. The fourth-order valence-electron chi connectivity index (χ4n) is 0.757. The van der Waals surface area contributed by atoms with Crippen LogP contribution in [0.15, 0.2) is 24.3 Å². The molecule has 10 heavy (non-hydrogen) atoms. The van der Waals surface area contributed by atoms with Crippen LogP contribution >= 0.6 is 0 Å². The van der Waals surface area contributed by atoms with Gasteiger partial charge in [-0.1, -0.05) is 0 Å². The molecule has 2 aromatic rings. The maximum absolute atomic E-state index is 4.08. The molecule has 0 atom stereocenters. The molecule has 44 valence electrons. The molecular weight excluding hydrogens is 184 g/mol. The van der Waals surface area contributed by atoms with Crippen molar-refractivity contribution in [3.63, 3.8) is 0 Å². The van der Waals surface area contributed by atoms with Crippen LogP contribution in [-0.4, -0.2) is 19.5 Å². The fraction of sp³-hybridized carbons (Fsp3) is 0. The molecule has 0 unspecified atom stereocenters. The SMILES string of the molecule is [Li+].[c-]1nc2ccccc2[se]1. The van der Waals surface area contributed by atoms with Gasteiger partial charge in [-0.3, -0.25) is 0 Å². The number of fused-ring (bicyclic) bond motifs is 1. The van der Waals surface area contributed by atoms with Gasteiger partial charge in [0.15, 0.2) is 0 Å². The van der Waals surface area contributed by atoms with Crippen LogP contribution in [0.5, 0.6) is 0 Å². The Bertz CT molecular complexity index is 288. The number of nitrogens with zero attached hydrogens (tertiary/aromatic N) is 1. The van der Waals surface area contributed by atoms with Gasteiger partial charge in [-0.15, -0.1) is 0 Å². The average Bonchev–Trinajstić information content (AvgIpc) is 2.33. The summed E-state index contributed by atoms with van der Waals surface area (Å²) < 4.78 is 1.35. The van der Waals surface area contributed by atoms with Crippen molar-refractivity contribution < 1.29 is 18.9 Å². The van der Waals surface area contributed by atoms with E-state index in [4.69, 9.17) is 0 Å². The minimum absolute atomic E-state index is 0. The summed E-state index contributed by atoms with van der Waals surface area (Å²) in [5.74, 6) is 0. The van der Waals surface area contributed by atoms with Crippen molar-refractivity contribution in [2.24, 2.45) is 0 Å². The van der Waals surface area contributed by atoms with E-state index in [-0.39, 0.29) is 18.9 Å². The van der Waals surface area contributed by atoms with E-state index in [1.165, 1.54) is 4.26 Å². The Morgan fingerprint density at radius 2 is 2.10 bits per heavy atom. The van der Waals surface area contributed by atoms with Gasteiger partial charge in [0.2, 0.25) is 0 Å². The molecule has 0 N–H and O–H groups in total. The summed E-state index contributed by atoms with van der Waals surface area (Å²) in [6, 6.07) is 8.18.